The van der Waals surface area contributed by atoms with Gasteiger partial charge in [0.1, 0.15) is 0 Å². The average molecular weight is 207 g/mol. The maximum absolute atomic E-state index is 13.5. The molecule has 78 valence electrons. The van der Waals surface area contributed by atoms with Crippen LogP contribution in [-0.2, 0) is 6.61 Å². The lowest BCUT2D eigenvalue weighted by atomic mass is 10.1. The lowest BCUT2D eigenvalue weighted by Gasteiger charge is -2.04. The van der Waals surface area contributed by atoms with Gasteiger partial charge in [-0.15, -0.1) is 4.79 Å². The highest BCUT2D eigenvalue weighted by atomic mass is 19.2. The molecule has 15 heavy (non-hydrogen) atoms. The van der Waals surface area contributed by atoms with E-state index in [2.05, 4.69) is 0 Å². The summed E-state index contributed by atoms with van der Waals surface area (Å²) in [7, 11) is 0. The fraction of sp³-hybridized carbons (Fsp3) is 0.182. The average Bonchev–Trinajstić information content (AvgIpc) is 2.26. The maximum Gasteiger partial charge on any atom is 0.282 e. The van der Waals surface area contributed by atoms with Crippen molar-refractivity contribution in [2.75, 3.05) is 0 Å². The summed E-state index contributed by atoms with van der Waals surface area (Å²) in [5, 5.41) is 9.55. The lowest BCUT2D eigenvalue weighted by Crippen LogP contribution is -2.16. The van der Waals surface area contributed by atoms with E-state index in [1.165, 1.54) is 6.07 Å². The molecule has 0 bridgehead atoms. The third-order valence-corrected chi connectivity index (χ3v) is 2.38. The zero-order valence-corrected chi connectivity index (χ0v) is 8.20. The lowest BCUT2D eigenvalue weighted by molar-refractivity contribution is 0.282. The molecule has 0 radical (unpaired) electrons. The van der Waals surface area contributed by atoms with Gasteiger partial charge in [0, 0.05) is 10.9 Å². The highest BCUT2D eigenvalue weighted by Crippen LogP contribution is 2.15. The van der Waals surface area contributed by atoms with Gasteiger partial charge >= 0.3 is 0 Å². The van der Waals surface area contributed by atoms with Crippen molar-refractivity contribution in [1.29, 1.82) is 0 Å². The van der Waals surface area contributed by atoms with Crippen LogP contribution in [0.5, 0.6) is 0 Å². The predicted molar refractivity (Wildman–Crippen MR) is 55.4 cm³/mol. The van der Waals surface area contributed by atoms with Crippen LogP contribution in [0.2, 0.25) is 0 Å². The molecular weight excluding hydrogens is 197 g/mol. The second kappa shape index (κ2) is 3.47. The second-order valence-corrected chi connectivity index (χ2v) is 3.46. The molecule has 1 N–H and O–H groups in total. The third-order valence-electron chi connectivity index (χ3n) is 2.38. The Kier molecular flexibility index (Phi) is 2.28. The monoisotopic (exact) mass is 207 g/mol. The van der Waals surface area contributed by atoms with E-state index in [-0.39, 0.29) is 16.9 Å². The predicted octanol–water partition coefficient (Wildman–Crippen LogP) is 1.53. The first-order valence-electron chi connectivity index (χ1n) is 4.56. The van der Waals surface area contributed by atoms with Crippen LogP contribution in [0.3, 0.4) is 0 Å². The molecule has 0 aliphatic rings. The van der Waals surface area contributed by atoms with Gasteiger partial charge in [0.05, 0.1) is 12.1 Å². The number of hydrogen-bond donors (Lipinski definition) is 1. The van der Waals surface area contributed by atoms with Gasteiger partial charge in [-0.3, -0.25) is 4.79 Å². The molecule has 3 nitrogen and oxygen atoms in total. The van der Waals surface area contributed by atoms with E-state index in [1.54, 1.807) is 25.1 Å². The first-order chi connectivity index (χ1) is 7.13. The Labute approximate surface area is 85.3 Å². The molecule has 1 aromatic heterocycles. The van der Waals surface area contributed by atoms with E-state index in [4.69, 9.17) is 5.11 Å². The zero-order valence-electron chi connectivity index (χ0n) is 8.20. The van der Waals surface area contributed by atoms with Crippen LogP contribution in [0, 0.1) is 6.92 Å². The number of fused-ring (bicyclic) bond motifs is 1. The molecule has 0 unspecified atom stereocenters. The van der Waals surface area contributed by atoms with Crippen molar-refractivity contribution in [3.63, 3.8) is 0 Å². The quantitative estimate of drug-likeness (QED) is 0.770. The number of pyridine rings is 1. The summed E-state index contributed by atoms with van der Waals surface area (Å²) in [6.07, 6.45) is 0. The van der Waals surface area contributed by atoms with E-state index < -0.39 is 5.56 Å². The molecule has 0 atom stereocenters. The van der Waals surface area contributed by atoms with Gasteiger partial charge in [0.25, 0.3) is 5.56 Å². The third kappa shape index (κ3) is 1.53. The molecule has 2 aromatic rings. The number of hydrogen-bond acceptors (Lipinski definition) is 2. The minimum atomic E-state index is -0.655. The molecule has 0 saturated carbocycles. The van der Waals surface area contributed by atoms with Crippen LogP contribution < -0.4 is 5.56 Å². The fourth-order valence-electron chi connectivity index (χ4n) is 1.54. The molecule has 1 heterocycles. The van der Waals surface area contributed by atoms with E-state index in [9.17, 15) is 9.28 Å². The van der Waals surface area contributed by atoms with E-state index >= 15 is 0 Å². The molecule has 0 spiro atoms. The molecule has 0 amide bonds. The van der Waals surface area contributed by atoms with E-state index in [0.29, 0.717) is 16.5 Å². The highest BCUT2D eigenvalue weighted by Gasteiger charge is 2.06. The van der Waals surface area contributed by atoms with Gasteiger partial charge in [-0.25, -0.2) is 0 Å². The Bertz CT molecular complexity index is 575. The van der Waals surface area contributed by atoms with Crippen molar-refractivity contribution in [3.05, 3.63) is 45.7 Å². The van der Waals surface area contributed by atoms with Gasteiger partial charge in [0.15, 0.2) is 0 Å². The normalized spacial score (nSPS) is 10.9. The standard InChI is InChI=1S/C11H10FNO2/c1-7-4-9-3-2-8(6-14)5-10(9)13(12)11(7)15/h2-5,14H,6H2,1H3. The molecule has 0 saturated heterocycles. The van der Waals surface area contributed by atoms with Gasteiger partial charge in [-0.1, -0.05) is 16.6 Å². The summed E-state index contributed by atoms with van der Waals surface area (Å²) in [4.78, 5) is 11.4. The number of aryl methyl sites for hydroxylation is 1. The van der Waals surface area contributed by atoms with Crippen LogP contribution in [0.1, 0.15) is 11.1 Å². The number of aromatic nitrogens is 1. The first kappa shape index (κ1) is 9.86. The summed E-state index contributed by atoms with van der Waals surface area (Å²) in [6, 6.07) is 6.49. The number of rotatable bonds is 1. The SMILES string of the molecule is Cc1cc2ccc(CO)cc2n(F)c1=O. The van der Waals surface area contributed by atoms with Gasteiger partial charge in [-0.05, 0) is 24.6 Å². The molecule has 4 heteroatoms. The molecule has 1 aromatic carbocycles. The number of aliphatic hydroxyl groups excluding tert-OH is 1. The molecule has 0 aliphatic carbocycles. The topological polar surface area (TPSA) is 42.2 Å². The summed E-state index contributed by atoms with van der Waals surface area (Å²) in [5.74, 6) is 0. The molecular formula is C11H10FNO2. The first-order valence-corrected chi connectivity index (χ1v) is 4.56. The number of aliphatic hydroxyl groups is 1. The summed E-state index contributed by atoms with van der Waals surface area (Å²) in [6.45, 7) is 1.40. The van der Waals surface area contributed by atoms with Crippen molar-refractivity contribution in [2.45, 2.75) is 13.5 Å². The van der Waals surface area contributed by atoms with Crippen molar-refractivity contribution >= 4 is 10.9 Å². The Morgan fingerprint density at radius 2 is 2.13 bits per heavy atom. The Hall–Kier alpha value is -1.68. The summed E-state index contributed by atoms with van der Waals surface area (Å²) in [5.41, 5.74) is 0.480. The van der Waals surface area contributed by atoms with Crippen LogP contribution in [0.25, 0.3) is 10.9 Å². The van der Waals surface area contributed by atoms with Crippen molar-refractivity contribution in [3.8, 4) is 0 Å². The highest BCUT2D eigenvalue weighted by molar-refractivity contribution is 5.80. The van der Waals surface area contributed by atoms with Gasteiger partial charge < -0.3 is 5.11 Å². The van der Waals surface area contributed by atoms with Gasteiger partial charge in [-0.2, -0.15) is 0 Å². The van der Waals surface area contributed by atoms with Crippen molar-refractivity contribution < 1.29 is 9.59 Å². The minimum absolute atomic E-state index is 0.115. The number of halogens is 1. The minimum Gasteiger partial charge on any atom is -0.392 e. The summed E-state index contributed by atoms with van der Waals surface area (Å²) < 4.78 is 13.5. The Morgan fingerprint density at radius 1 is 1.40 bits per heavy atom. The van der Waals surface area contributed by atoms with Crippen LogP contribution in [0.4, 0.5) is 4.48 Å². The molecule has 0 fully saturated rings. The Balaban J connectivity index is 2.88. The van der Waals surface area contributed by atoms with E-state index in [0.717, 1.165) is 0 Å². The van der Waals surface area contributed by atoms with Crippen LogP contribution in [0.15, 0.2) is 29.1 Å². The summed E-state index contributed by atoms with van der Waals surface area (Å²) >= 11 is 0. The molecule has 2 rings (SSSR count). The number of nitrogens with zero attached hydrogens (tertiary/aromatic N) is 1. The van der Waals surface area contributed by atoms with Crippen molar-refractivity contribution in [2.24, 2.45) is 0 Å². The van der Waals surface area contributed by atoms with E-state index in [1.807, 2.05) is 0 Å². The largest absolute Gasteiger partial charge is 0.392 e. The zero-order chi connectivity index (χ0) is 11.0. The van der Waals surface area contributed by atoms with Crippen LogP contribution in [-0.4, -0.2) is 9.90 Å². The maximum atomic E-state index is 13.5. The van der Waals surface area contributed by atoms with Gasteiger partial charge in [0.2, 0.25) is 0 Å². The van der Waals surface area contributed by atoms with Crippen LogP contribution >= 0.6 is 0 Å². The van der Waals surface area contributed by atoms with Crippen molar-refractivity contribution in [1.82, 2.24) is 4.79 Å². The molecule has 0 aliphatic heterocycles. The second-order valence-electron chi connectivity index (χ2n) is 3.46. The Morgan fingerprint density at radius 3 is 2.80 bits per heavy atom. The fourth-order valence-corrected chi connectivity index (χ4v) is 1.54. The number of benzene rings is 1. The smallest absolute Gasteiger partial charge is 0.282 e.